The molecule has 3 nitrogen and oxygen atoms in total. The monoisotopic (exact) mass is 360 g/mol. The molecule has 0 fully saturated rings. The van der Waals surface area contributed by atoms with E-state index in [1.807, 2.05) is 6.92 Å². The van der Waals surface area contributed by atoms with Crippen LogP contribution in [-0.4, -0.2) is 29.7 Å². The molecule has 25 heavy (non-hydrogen) atoms. The Hall–Kier alpha value is -0.120. The van der Waals surface area contributed by atoms with E-state index in [4.69, 9.17) is 9.84 Å². The van der Waals surface area contributed by atoms with Gasteiger partial charge in [0.2, 0.25) is 0 Å². The van der Waals surface area contributed by atoms with Crippen LogP contribution in [0.15, 0.2) is 0 Å². The number of hydrogen-bond donors (Lipinski definition) is 2. The molecule has 1 atom stereocenters. The molecular weight excluding hydrogens is 312 g/mol. The second-order valence-electron chi connectivity index (χ2n) is 6.96. The van der Waals surface area contributed by atoms with Crippen LogP contribution in [0, 0.1) is 0 Å². The molecule has 0 aliphatic rings. The van der Waals surface area contributed by atoms with E-state index < -0.39 is 6.29 Å². The largest absolute Gasteiger partial charge is 0.397 e. The Balaban J connectivity index is 0. The molecule has 1 unspecified atom stereocenters. The molecule has 0 bridgehead atoms. The smallest absolute Gasteiger partial charge is 0.154 e. The summed E-state index contributed by atoms with van der Waals surface area (Å²) in [6, 6.07) is 0. The number of unbranched alkanes of at least 4 members (excludes halogenated alkanes) is 14. The summed E-state index contributed by atoms with van der Waals surface area (Å²) in [6.45, 7) is 6.75. The highest BCUT2D eigenvalue weighted by atomic mass is 16.6. The maximum atomic E-state index is 9.43. The summed E-state index contributed by atoms with van der Waals surface area (Å²) in [5.41, 5.74) is 0. The fraction of sp³-hybridized carbons (Fsp3) is 1.00. The Bertz CT molecular complexity index is 209. The molecule has 154 valence electrons. The number of aliphatic hydroxyl groups is 2. The van der Waals surface area contributed by atoms with Crippen molar-refractivity contribution in [3.05, 3.63) is 0 Å². The summed E-state index contributed by atoms with van der Waals surface area (Å²) >= 11 is 0. The van der Waals surface area contributed by atoms with Gasteiger partial charge in [0.05, 0.1) is 0 Å². The first-order valence-corrected chi connectivity index (χ1v) is 11.1. The van der Waals surface area contributed by atoms with Gasteiger partial charge in [-0.2, -0.15) is 0 Å². The van der Waals surface area contributed by atoms with Gasteiger partial charge < -0.3 is 14.9 Å². The van der Waals surface area contributed by atoms with Gasteiger partial charge in [-0.25, -0.2) is 0 Å². The minimum atomic E-state index is -0.535. The highest BCUT2D eigenvalue weighted by Crippen LogP contribution is 2.14. The Morgan fingerprint density at radius 2 is 0.920 bits per heavy atom. The summed E-state index contributed by atoms with van der Waals surface area (Å²) in [4.78, 5) is 0. The van der Waals surface area contributed by atoms with Gasteiger partial charge in [-0.3, -0.25) is 0 Å². The van der Waals surface area contributed by atoms with Gasteiger partial charge in [0.25, 0.3) is 0 Å². The predicted octanol–water partition coefficient (Wildman–Crippen LogP) is 6.60. The minimum absolute atomic E-state index is 0.250. The molecule has 0 aromatic rings. The summed E-state index contributed by atoms with van der Waals surface area (Å²) in [7, 11) is 0. The molecule has 0 spiro atoms. The average Bonchev–Trinajstić information content (AvgIpc) is 2.59. The normalized spacial score (nSPS) is 11.9. The van der Waals surface area contributed by atoms with Gasteiger partial charge in [0, 0.05) is 13.2 Å². The van der Waals surface area contributed by atoms with Crippen LogP contribution in [0.25, 0.3) is 0 Å². The van der Waals surface area contributed by atoms with Crippen LogP contribution >= 0.6 is 0 Å². The van der Waals surface area contributed by atoms with Gasteiger partial charge in [0.15, 0.2) is 6.29 Å². The predicted molar refractivity (Wildman–Crippen MR) is 110 cm³/mol. The fourth-order valence-corrected chi connectivity index (χ4v) is 2.97. The van der Waals surface area contributed by atoms with Crippen LogP contribution in [0.5, 0.6) is 0 Å². The van der Waals surface area contributed by atoms with Crippen molar-refractivity contribution in [2.75, 3.05) is 13.2 Å². The van der Waals surface area contributed by atoms with E-state index in [0.29, 0.717) is 6.61 Å². The highest BCUT2D eigenvalue weighted by molar-refractivity contribution is 4.50. The zero-order valence-electron chi connectivity index (χ0n) is 17.6. The van der Waals surface area contributed by atoms with E-state index in [1.54, 1.807) is 6.92 Å². The second-order valence-corrected chi connectivity index (χ2v) is 6.96. The fourth-order valence-electron chi connectivity index (χ4n) is 2.97. The van der Waals surface area contributed by atoms with Crippen molar-refractivity contribution in [3.8, 4) is 0 Å². The van der Waals surface area contributed by atoms with Crippen LogP contribution in [-0.2, 0) is 4.74 Å². The molecule has 0 heterocycles. The van der Waals surface area contributed by atoms with E-state index in [9.17, 15) is 5.11 Å². The number of ether oxygens (including phenoxy) is 1. The second kappa shape index (κ2) is 26.1. The van der Waals surface area contributed by atoms with Crippen molar-refractivity contribution in [1.82, 2.24) is 0 Å². The van der Waals surface area contributed by atoms with Gasteiger partial charge in [-0.15, -0.1) is 0 Å². The zero-order valence-corrected chi connectivity index (χ0v) is 17.6. The Morgan fingerprint density at radius 1 is 0.600 bits per heavy atom. The van der Waals surface area contributed by atoms with Crippen LogP contribution in [0.4, 0.5) is 0 Å². The lowest BCUT2D eigenvalue weighted by Crippen LogP contribution is -2.10. The van der Waals surface area contributed by atoms with Crippen LogP contribution in [0.1, 0.15) is 124 Å². The quantitative estimate of drug-likeness (QED) is 0.214. The molecule has 0 amide bonds. The van der Waals surface area contributed by atoms with Crippen molar-refractivity contribution in [2.24, 2.45) is 0 Å². The third kappa shape index (κ3) is 28.9. The van der Waals surface area contributed by atoms with Crippen molar-refractivity contribution in [3.63, 3.8) is 0 Å². The van der Waals surface area contributed by atoms with Crippen molar-refractivity contribution in [1.29, 1.82) is 0 Å². The first kappa shape index (κ1) is 27.1. The van der Waals surface area contributed by atoms with E-state index in [0.717, 1.165) is 12.8 Å². The number of hydrogen-bond acceptors (Lipinski definition) is 3. The van der Waals surface area contributed by atoms with Gasteiger partial charge >= 0.3 is 0 Å². The number of rotatable bonds is 18. The minimum Gasteiger partial charge on any atom is -0.397 e. The molecular formula is C22H48O3. The van der Waals surface area contributed by atoms with Crippen molar-refractivity contribution >= 4 is 0 Å². The van der Waals surface area contributed by atoms with Crippen LogP contribution in [0.2, 0.25) is 0 Å². The molecule has 0 aromatic heterocycles. The van der Waals surface area contributed by atoms with E-state index in [2.05, 4.69) is 6.92 Å². The van der Waals surface area contributed by atoms with Gasteiger partial charge in [-0.1, -0.05) is 96.8 Å². The molecule has 0 saturated carbocycles. The zero-order chi connectivity index (χ0) is 19.0. The topological polar surface area (TPSA) is 49.7 Å². The first-order chi connectivity index (χ1) is 12.2. The summed E-state index contributed by atoms with van der Waals surface area (Å²) in [5, 5.41) is 17.0. The van der Waals surface area contributed by atoms with Gasteiger partial charge in [0.1, 0.15) is 0 Å². The van der Waals surface area contributed by atoms with E-state index >= 15 is 0 Å². The summed E-state index contributed by atoms with van der Waals surface area (Å²) in [6.07, 6.45) is 21.0. The lowest BCUT2D eigenvalue weighted by atomic mass is 10.0. The van der Waals surface area contributed by atoms with Crippen molar-refractivity contribution < 1.29 is 14.9 Å². The molecule has 0 radical (unpaired) electrons. The van der Waals surface area contributed by atoms with Crippen molar-refractivity contribution in [2.45, 2.75) is 130 Å². The molecule has 0 saturated heterocycles. The summed E-state index contributed by atoms with van der Waals surface area (Å²) < 4.78 is 5.12. The third-order valence-corrected chi connectivity index (χ3v) is 4.41. The van der Waals surface area contributed by atoms with E-state index in [1.165, 1.54) is 89.9 Å². The van der Waals surface area contributed by atoms with Gasteiger partial charge in [-0.05, 0) is 26.7 Å². The highest BCUT2D eigenvalue weighted by Gasteiger charge is 2.01. The lowest BCUT2D eigenvalue weighted by molar-refractivity contribution is -0.0994. The lowest BCUT2D eigenvalue weighted by Gasteiger charge is -2.09. The molecule has 0 rings (SSSR count). The van der Waals surface area contributed by atoms with Crippen LogP contribution < -0.4 is 0 Å². The molecule has 2 N–H and O–H groups in total. The molecule has 0 aromatic carbocycles. The molecule has 0 aliphatic heterocycles. The maximum absolute atomic E-state index is 9.43. The number of aliphatic hydroxyl groups excluding tert-OH is 2. The van der Waals surface area contributed by atoms with E-state index in [-0.39, 0.29) is 6.61 Å². The first-order valence-electron chi connectivity index (χ1n) is 11.1. The standard InChI is InChI=1S/C20H42O2.C2H6O/c1-3-5-6-7-8-9-10-11-12-13-14-15-16-17-18-19-20(21)22-4-2;1-2-3/h20-21H,3-19H2,1-2H3;3H,2H2,1H3. The SMILES string of the molecule is CCCCCCCCCCCCCCCCCC(O)OCC.CCO. The Labute approximate surface area is 158 Å². The maximum Gasteiger partial charge on any atom is 0.154 e. The Kier molecular flexibility index (Phi) is 28.3. The molecule has 3 heteroatoms. The summed E-state index contributed by atoms with van der Waals surface area (Å²) in [5.74, 6) is 0. The Morgan fingerprint density at radius 3 is 1.24 bits per heavy atom. The third-order valence-electron chi connectivity index (χ3n) is 4.41. The molecule has 0 aliphatic carbocycles. The average molecular weight is 361 g/mol. The van der Waals surface area contributed by atoms with Crippen LogP contribution in [0.3, 0.4) is 0 Å².